The zero-order valence-corrected chi connectivity index (χ0v) is 24.7. The average Bonchev–Trinajstić information content (AvgIpc) is 3.44. The summed E-state index contributed by atoms with van der Waals surface area (Å²) in [7, 11) is 1.69. The molecule has 2 atom stereocenters. The minimum atomic E-state index is -0.981. The number of amides is 2. The second-order valence-electron chi connectivity index (χ2n) is 10.9. The van der Waals surface area contributed by atoms with E-state index in [0.717, 1.165) is 27.8 Å². The highest BCUT2D eigenvalue weighted by Crippen LogP contribution is 2.32. The second kappa shape index (κ2) is 12.7. The van der Waals surface area contributed by atoms with Crippen LogP contribution in [0.15, 0.2) is 114 Å². The number of aryl methyl sites for hydroxylation is 2. The van der Waals surface area contributed by atoms with Gasteiger partial charge in [0.1, 0.15) is 11.7 Å². The molecule has 5 aromatic rings. The van der Waals surface area contributed by atoms with Gasteiger partial charge < -0.3 is 15.2 Å². The van der Waals surface area contributed by atoms with Gasteiger partial charge in [0.25, 0.3) is 11.5 Å². The Labute approximate surface area is 251 Å². The minimum Gasteiger partial charge on any atom is -0.338 e. The molecule has 2 amide bonds. The van der Waals surface area contributed by atoms with Crippen molar-refractivity contribution in [3.05, 3.63) is 142 Å². The summed E-state index contributed by atoms with van der Waals surface area (Å²) < 4.78 is 3.18. The Morgan fingerprint density at radius 3 is 2.21 bits per heavy atom. The van der Waals surface area contributed by atoms with E-state index in [0.29, 0.717) is 11.4 Å². The number of nitrogens with zero attached hydrogens (tertiary/aromatic N) is 3. The molecule has 3 aromatic carbocycles. The minimum absolute atomic E-state index is 0.00441. The van der Waals surface area contributed by atoms with Crippen LogP contribution in [0.2, 0.25) is 0 Å². The summed E-state index contributed by atoms with van der Waals surface area (Å²) in [6.07, 6.45) is 3.40. The van der Waals surface area contributed by atoms with Gasteiger partial charge in [0.2, 0.25) is 5.91 Å². The standard InChI is InChI=1S/C35H35N5O3/c1-23(2)40-22-28(15-18-31(40)41)26-11-8-12-27(21-26)32(25-9-6-5-7-10-25)33(38-34(42)30-19-20-36-39(30)4)35(43)37-29-16-13-24(3)14-17-29/h5-23,32-33H,1-4H3,(H,37,43)(H,38,42). The molecule has 0 saturated carbocycles. The molecule has 0 spiro atoms. The van der Waals surface area contributed by atoms with Gasteiger partial charge in [-0.05, 0) is 67.3 Å². The number of hydrogen-bond donors (Lipinski definition) is 2. The lowest BCUT2D eigenvalue weighted by molar-refractivity contribution is -0.118. The normalized spacial score (nSPS) is 12.5. The van der Waals surface area contributed by atoms with Crippen molar-refractivity contribution in [3.63, 3.8) is 0 Å². The van der Waals surface area contributed by atoms with E-state index in [1.54, 1.807) is 29.9 Å². The molecule has 0 bridgehead atoms. The molecule has 218 valence electrons. The van der Waals surface area contributed by atoms with E-state index >= 15 is 0 Å². The van der Waals surface area contributed by atoms with Gasteiger partial charge in [0.15, 0.2) is 0 Å². The lowest BCUT2D eigenvalue weighted by atomic mass is 9.83. The predicted molar refractivity (Wildman–Crippen MR) is 169 cm³/mol. The Balaban J connectivity index is 1.61. The molecule has 0 aliphatic carbocycles. The van der Waals surface area contributed by atoms with Crippen LogP contribution in [0, 0.1) is 6.92 Å². The molecule has 43 heavy (non-hydrogen) atoms. The van der Waals surface area contributed by atoms with Gasteiger partial charge in [-0.2, -0.15) is 5.10 Å². The molecule has 2 unspecified atom stereocenters. The number of hydrogen-bond acceptors (Lipinski definition) is 4. The number of anilines is 1. The fourth-order valence-electron chi connectivity index (χ4n) is 5.20. The van der Waals surface area contributed by atoms with Crippen molar-refractivity contribution in [2.45, 2.75) is 38.8 Å². The van der Waals surface area contributed by atoms with Gasteiger partial charge in [-0.15, -0.1) is 0 Å². The highest BCUT2D eigenvalue weighted by atomic mass is 16.2. The van der Waals surface area contributed by atoms with Gasteiger partial charge in [0.05, 0.1) is 0 Å². The Hall–Kier alpha value is -5.24. The first-order valence-corrected chi connectivity index (χ1v) is 14.2. The first-order valence-electron chi connectivity index (χ1n) is 14.2. The third-order valence-electron chi connectivity index (χ3n) is 7.51. The highest BCUT2D eigenvalue weighted by Gasteiger charge is 2.33. The molecule has 8 heteroatoms. The van der Waals surface area contributed by atoms with Crippen molar-refractivity contribution < 1.29 is 9.59 Å². The maximum absolute atomic E-state index is 14.1. The Kier molecular flexibility index (Phi) is 8.66. The van der Waals surface area contributed by atoms with Crippen molar-refractivity contribution in [2.24, 2.45) is 7.05 Å². The van der Waals surface area contributed by atoms with E-state index in [2.05, 4.69) is 15.7 Å². The first kappa shape index (κ1) is 29.3. The SMILES string of the molecule is Cc1ccc(NC(=O)C(NC(=O)c2ccnn2C)C(c2ccccc2)c2cccc(-c3ccc(=O)n(C(C)C)c3)c2)cc1. The molecular weight excluding hydrogens is 538 g/mol. The molecule has 0 fully saturated rings. The summed E-state index contributed by atoms with van der Waals surface area (Å²) in [5, 5.41) is 10.2. The van der Waals surface area contributed by atoms with Crippen LogP contribution in [0.4, 0.5) is 5.69 Å². The first-order chi connectivity index (χ1) is 20.7. The number of rotatable bonds is 9. The van der Waals surface area contributed by atoms with E-state index in [1.165, 1.54) is 4.68 Å². The Morgan fingerprint density at radius 1 is 0.814 bits per heavy atom. The Bertz CT molecular complexity index is 1790. The summed E-state index contributed by atoms with van der Waals surface area (Å²) in [6.45, 7) is 5.92. The van der Waals surface area contributed by atoms with Gasteiger partial charge in [-0.3, -0.25) is 19.1 Å². The van der Waals surface area contributed by atoms with Crippen LogP contribution in [-0.4, -0.2) is 32.2 Å². The lowest BCUT2D eigenvalue weighted by Crippen LogP contribution is -2.48. The van der Waals surface area contributed by atoms with Gasteiger partial charge in [-0.1, -0.05) is 72.3 Å². The monoisotopic (exact) mass is 573 g/mol. The summed E-state index contributed by atoms with van der Waals surface area (Å²) in [4.78, 5) is 40.1. The number of nitrogens with one attached hydrogen (secondary N) is 2. The molecule has 2 aromatic heterocycles. The van der Waals surface area contributed by atoms with Crippen molar-refractivity contribution in [3.8, 4) is 11.1 Å². The predicted octanol–water partition coefficient (Wildman–Crippen LogP) is 5.71. The average molecular weight is 574 g/mol. The third-order valence-corrected chi connectivity index (χ3v) is 7.51. The number of pyridine rings is 1. The van der Waals surface area contributed by atoms with Crippen LogP contribution in [-0.2, 0) is 11.8 Å². The number of carbonyl (C=O) groups is 2. The van der Waals surface area contributed by atoms with E-state index < -0.39 is 17.9 Å². The third kappa shape index (κ3) is 6.64. The quantitative estimate of drug-likeness (QED) is 0.236. The zero-order chi connectivity index (χ0) is 30.5. The van der Waals surface area contributed by atoms with E-state index in [4.69, 9.17) is 0 Å². The van der Waals surface area contributed by atoms with Gasteiger partial charge in [-0.25, -0.2) is 0 Å². The fraction of sp³-hybridized carbons (Fsp3) is 0.200. The van der Waals surface area contributed by atoms with Gasteiger partial charge >= 0.3 is 0 Å². The summed E-state index contributed by atoms with van der Waals surface area (Å²) in [5.74, 6) is -1.31. The van der Waals surface area contributed by atoms with Crippen molar-refractivity contribution in [2.75, 3.05) is 5.32 Å². The highest BCUT2D eigenvalue weighted by molar-refractivity contribution is 6.01. The summed E-state index contributed by atoms with van der Waals surface area (Å²) >= 11 is 0. The smallest absolute Gasteiger partial charge is 0.270 e. The van der Waals surface area contributed by atoms with Crippen LogP contribution in [0.5, 0.6) is 0 Å². The largest absolute Gasteiger partial charge is 0.338 e. The zero-order valence-electron chi connectivity index (χ0n) is 24.7. The Morgan fingerprint density at radius 2 is 1.53 bits per heavy atom. The summed E-state index contributed by atoms with van der Waals surface area (Å²) in [6, 6.07) is 29.1. The molecule has 0 radical (unpaired) electrons. The lowest BCUT2D eigenvalue weighted by Gasteiger charge is -2.29. The molecule has 8 nitrogen and oxygen atoms in total. The van der Waals surface area contributed by atoms with Crippen molar-refractivity contribution in [1.29, 1.82) is 0 Å². The van der Waals surface area contributed by atoms with Crippen molar-refractivity contribution >= 4 is 17.5 Å². The molecule has 0 saturated heterocycles. The number of aromatic nitrogens is 3. The van der Waals surface area contributed by atoms with Gasteiger partial charge in [0, 0.05) is 43.2 Å². The summed E-state index contributed by atoms with van der Waals surface area (Å²) in [5.41, 5.74) is 5.44. The molecule has 5 rings (SSSR count). The molecule has 2 N–H and O–H groups in total. The second-order valence-corrected chi connectivity index (χ2v) is 10.9. The van der Waals surface area contributed by atoms with Crippen LogP contribution in [0.3, 0.4) is 0 Å². The fourth-order valence-corrected chi connectivity index (χ4v) is 5.20. The van der Waals surface area contributed by atoms with Crippen LogP contribution in [0.1, 0.15) is 53.0 Å². The maximum Gasteiger partial charge on any atom is 0.270 e. The molecule has 0 aliphatic heterocycles. The number of benzene rings is 3. The van der Waals surface area contributed by atoms with E-state index in [9.17, 15) is 14.4 Å². The maximum atomic E-state index is 14.1. The van der Waals surface area contributed by atoms with Crippen molar-refractivity contribution in [1.82, 2.24) is 19.7 Å². The topological polar surface area (TPSA) is 98.0 Å². The van der Waals surface area contributed by atoms with Crippen LogP contribution < -0.4 is 16.2 Å². The van der Waals surface area contributed by atoms with Crippen LogP contribution >= 0.6 is 0 Å². The molecule has 2 heterocycles. The van der Waals surface area contributed by atoms with Crippen LogP contribution in [0.25, 0.3) is 11.1 Å². The van der Waals surface area contributed by atoms with E-state index in [-0.39, 0.29) is 17.5 Å². The van der Waals surface area contributed by atoms with E-state index in [1.807, 2.05) is 112 Å². The number of carbonyl (C=O) groups excluding carboxylic acids is 2. The molecule has 0 aliphatic rings. The molecular formula is C35H35N5O3.